The molecule has 0 heterocycles. The standard InChI is InChI=1S/3CNO.Sn/c3*2-1-3;/q3*-1;+3. The summed E-state index contributed by atoms with van der Waals surface area (Å²) in [4.78, 5) is 24.7. The maximum Gasteiger partial charge on any atom is 3.00 e. The third-order valence-corrected chi connectivity index (χ3v) is 0. The van der Waals surface area contributed by atoms with Gasteiger partial charge in [0.05, 0.1) is 0 Å². The van der Waals surface area contributed by atoms with E-state index in [1.807, 2.05) is 0 Å². The predicted molar refractivity (Wildman–Crippen MR) is 32.9 cm³/mol. The van der Waals surface area contributed by atoms with Crippen molar-refractivity contribution in [1.82, 2.24) is 0 Å². The monoisotopic (exact) mass is 246 g/mol. The van der Waals surface area contributed by atoms with E-state index in [9.17, 15) is 0 Å². The van der Waals surface area contributed by atoms with Crippen LogP contribution in [0.4, 0.5) is 0 Å². The third kappa shape index (κ3) is 217. The molecular formula is C3N3O3Sn. The molecule has 49 valence electrons. The molecule has 0 aromatic carbocycles. The largest absolute Gasteiger partial charge is 3.00 e. The molecule has 0 bridgehead atoms. The van der Waals surface area contributed by atoms with Crippen LogP contribution in [0.5, 0.6) is 0 Å². The number of isocyanates is 3. The summed E-state index contributed by atoms with van der Waals surface area (Å²) in [6.07, 6.45) is 1.50. The molecule has 0 spiro atoms. The summed E-state index contributed by atoms with van der Waals surface area (Å²) in [7, 11) is 0. The van der Waals surface area contributed by atoms with Gasteiger partial charge in [-0.05, 0) is 18.2 Å². The molecular weight excluding hydrogens is 245 g/mol. The summed E-state index contributed by atoms with van der Waals surface area (Å²) in [6, 6.07) is 0. The van der Waals surface area contributed by atoms with Crippen molar-refractivity contribution < 1.29 is 14.4 Å². The minimum Gasteiger partial charge on any atom is -0.724 e. The average Bonchev–Trinajstić information content (AvgIpc) is 1.70. The van der Waals surface area contributed by atoms with Crippen molar-refractivity contribution in [2.75, 3.05) is 0 Å². The number of hydrogen-bond acceptors (Lipinski definition) is 3. The van der Waals surface area contributed by atoms with E-state index in [0.717, 1.165) is 0 Å². The van der Waals surface area contributed by atoms with Gasteiger partial charge in [-0.2, -0.15) is 0 Å². The number of rotatable bonds is 0. The molecule has 7 heteroatoms. The zero-order valence-electron chi connectivity index (χ0n) is 4.57. The fraction of sp³-hybridized carbons (Fsp3) is 0. The van der Waals surface area contributed by atoms with Crippen LogP contribution < -0.4 is 0 Å². The van der Waals surface area contributed by atoms with Crippen LogP contribution in [0, 0.1) is 0 Å². The third-order valence-electron chi connectivity index (χ3n) is 0. The Bertz CT molecular complexity index is 111. The molecule has 0 aromatic heterocycles. The zero-order valence-corrected chi connectivity index (χ0v) is 7.42. The van der Waals surface area contributed by atoms with Crippen LogP contribution in [0.3, 0.4) is 0 Å². The molecule has 0 amide bonds. The first-order chi connectivity index (χ1) is 4.24. The number of carbonyl (C=O) groups excluding carboxylic acids is 3. The van der Waals surface area contributed by atoms with Gasteiger partial charge in [0.25, 0.3) is 0 Å². The zero-order chi connectivity index (χ0) is 8.12. The minimum atomic E-state index is 0. The first-order valence-corrected chi connectivity index (χ1v) is 1.28. The van der Waals surface area contributed by atoms with E-state index < -0.39 is 0 Å². The molecule has 0 saturated carbocycles. The number of hydrogen-bond donors (Lipinski definition) is 0. The van der Waals surface area contributed by atoms with Gasteiger partial charge < -0.3 is 16.2 Å². The van der Waals surface area contributed by atoms with Crippen LogP contribution in [-0.2, 0) is 14.4 Å². The molecule has 0 saturated heterocycles. The number of nitrogens with zero attached hydrogens (tertiary/aromatic N) is 3. The van der Waals surface area contributed by atoms with Crippen LogP contribution in [0.2, 0.25) is 0 Å². The molecule has 0 aliphatic heterocycles. The van der Waals surface area contributed by atoms with Gasteiger partial charge in [0.15, 0.2) is 0 Å². The van der Waals surface area contributed by atoms with Crippen molar-refractivity contribution >= 4 is 42.1 Å². The SMILES string of the molecule is [N-]=C=O.[N-]=C=O.[N-]=C=O.[Sn+3]. The molecule has 0 unspecified atom stereocenters. The van der Waals surface area contributed by atoms with Crippen molar-refractivity contribution in [1.29, 1.82) is 0 Å². The van der Waals surface area contributed by atoms with Gasteiger partial charge in [0.2, 0.25) is 0 Å². The molecule has 0 fully saturated rings. The molecule has 0 atom stereocenters. The predicted octanol–water partition coefficient (Wildman–Crippen LogP) is -0.706. The first-order valence-electron chi connectivity index (χ1n) is 1.28. The Balaban J connectivity index is -0.0000000257. The Hall–Kier alpha value is -1.06. The van der Waals surface area contributed by atoms with Gasteiger partial charge >= 0.3 is 23.9 Å². The van der Waals surface area contributed by atoms with Crippen molar-refractivity contribution in [3.05, 3.63) is 16.2 Å². The van der Waals surface area contributed by atoms with Crippen molar-refractivity contribution in [3.8, 4) is 0 Å². The summed E-state index contributed by atoms with van der Waals surface area (Å²) in [5.74, 6) is 0. The topological polar surface area (TPSA) is 118 Å². The summed E-state index contributed by atoms with van der Waals surface area (Å²) in [5, 5.41) is 20.3. The van der Waals surface area contributed by atoms with Gasteiger partial charge in [-0.15, -0.1) is 0 Å². The molecule has 6 nitrogen and oxygen atoms in total. The second-order valence-corrected chi connectivity index (χ2v) is 0.274. The molecule has 0 N–H and O–H groups in total. The van der Waals surface area contributed by atoms with E-state index >= 15 is 0 Å². The summed E-state index contributed by atoms with van der Waals surface area (Å²) in [6.45, 7) is 0. The Morgan fingerprint density at radius 3 is 0.700 bits per heavy atom. The van der Waals surface area contributed by atoms with E-state index in [2.05, 4.69) is 0 Å². The first kappa shape index (κ1) is 23.1. The van der Waals surface area contributed by atoms with Crippen LogP contribution in [0.25, 0.3) is 16.2 Å². The molecule has 0 aromatic rings. The van der Waals surface area contributed by atoms with Crippen molar-refractivity contribution in [3.63, 3.8) is 0 Å². The van der Waals surface area contributed by atoms with Crippen LogP contribution >= 0.6 is 0 Å². The van der Waals surface area contributed by atoms with E-state index in [4.69, 9.17) is 30.6 Å². The average molecular weight is 245 g/mol. The van der Waals surface area contributed by atoms with Crippen LogP contribution in [0.1, 0.15) is 0 Å². The van der Waals surface area contributed by atoms with Crippen molar-refractivity contribution in [2.24, 2.45) is 0 Å². The van der Waals surface area contributed by atoms with E-state index in [1.54, 1.807) is 0 Å². The quantitative estimate of drug-likeness (QED) is 0.318. The van der Waals surface area contributed by atoms with E-state index in [-0.39, 0.29) is 23.9 Å². The van der Waals surface area contributed by atoms with E-state index in [1.165, 1.54) is 0 Å². The van der Waals surface area contributed by atoms with E-state index in [0.29, 0.717) is 18.2 Å². The second-order valence-electron chi connectivity index (χ2n) is 0.274. The Morgan fingerprint density at radius 1 is 0.700 bits per heavy atom. The van der Waals surface area contributed by atoms with Crippen molar-refractivity contribution in [2.45, 2.75) is 0 Å². The Kier molecular flexibility index (Phi) is 235. The maximum atomic E-state index is 8.24. The normalized spacial score (nSPS) is 2.40. The van der Waals surface area contributed by atoms with Gasteiger partial charge in [0, 0.05) is 0 Å². The summed E-state index contributed by atoms with van der Waals surface area (Å²) < 4.78 is 0. The summed E-state index contributed by atoms with van der Waals surface area (Å²) >= 11 is 0. The van der Waals surface area contributed by atoms with Crippen LogP contribution in [0.15, 0.2) is 0 Å². The maximum absolute atomic E-state index is 8.24. The minimum absolute atomic E-state index is 0. The van der Waals surface area contributed by atoms with Gasteiger partial charge in [0.1, 0.15) is 0 Å². The molecule has 10 heavy (non-hydrogen) atoms. The summed E-state index contributed by atoms with van der Waals surface area (Å²) in [5.41, 5.74) is 0. The molecule has 1 radical (unpaired) electrons. The Morgan fingerprint density at radius 2 is 0.700 bits per heavy atom. The van der Waals surface area contributed by atoms with Gasteiger partial charge in [-0.1, -0.05) is 0 Å². The Labute approximate surface area is 73.1 Å². The second kappa shape index (κ2) is 102. The molecule has 0 aliphatic rings. The van der Waals surface area contributed by atoms with Gasteiger partial charge in [-0.25, -0.2) is 0 Å². The fourth-order valence-electron chi connectivity index (χ4n) is 0. The molecule has 0 rings (SSSR count). The van der Waals surface area contributed by atoms with Gasteiger partial charge in [-0.3, -0.25) is 14.4 Å². The smallest absolute Gasteiger partial charge is 0.724 e. The fourth-order valence-corrected chi connectivity index (χ4v) is 0. The molecule has 0 aliphatic carbocycles. The van der Waals surface area contributed by atoms with Crippen LogP contribution in [-0.4, -0.2) is 42.1 Å².